The molecule has 4 N–H and O–H groups in total. The predicted octanol–water partition coefficient (Wildman–Crippen LogP) is 1.21. The van der Waals surface area contributed by atoms with Crippen LogP contribution in [0.15, 0.2) is 24.4 Å². The summed E-state index contributed by atoms with van der Waals surface area (Å²) in [5.41, 5.74) is 14.7. The number of methoxy groups -OCH3 is 1. The Morgan fingerprint density at radius 1 is 1.19 bits per heavy atom. The Morgan fingerprint density at radius 3 is 2.62 bits per heavy atom. The molecule has 0 aliphatic carbocycles. The lowest BCUT2D eigenvalue weighted by Crippen LogP contribution is -2.73. The minimum absolute atomic E-state index is 0.0427. The molecular weight excluding hydrogens is 408 g/mol. The van der Waals surface area contributed by atoms with E-state index in [9.17, 15) is 4.79 Å². The summed E-state index contributed by atoms with van der Waals surface area (Å²) in [5.74, 6) is 1.05. The van der Waals surface area contributed by atoms with Crippen molar-refractivity contribution in [3.8, 4) is 5.75 Å². The number of nitrogen functional groups attached to an aromatic ring is 2. The Balaban J connectivity index is 1.31. The fourth-order valence-corrected chi connectivity index (χ4v) is 4.81. The lowest BCUT2D eigenvalue weighted by atomic mass is 9.72. The van der Waals surface area contributed by atoms with Crippen LogP contribution in [-0.4, -0.2) is 74.8 Å². The number of benzene rings is 1. The highest BCUT2D eigenvalue weighted by Gasteiger charge is 2.53. The van der Waals surface area contributed by atoms with Gasteiger partial charge in [0.05, 0.1) is 19.9 Å². The molecule has 2 aromatic heterocycles. The van der Waals surface area contributed by atoms with E-state index in [0.29, 0.717) is 34.9 Å². The maximum Gasteiger partial charge on any atom is 0.254 e. The lowest BCUT2D eigenvalue weighted by molar-refractivity contribution is -0.110. The third kappa shape index (κ3) is 3.31. The van der Waals surface area contributed by atoms with Crippen LogP contribution in [0.4, 0.5) is 11.8 Å². The summed E-state index contributed by atoms with van der Waals surface area (Å²) in [4.78, 5) is 25.6. The molecule has 2 aliphatic rings. The molecule has 0 unspecified atom stereocenters. The minimum Gasteiger partial charge on any atom is -0.496 e. The zero-order valence-corrected chi connectivity index (χ0v) is 18.6. The number of rotatable bonds is 5. The van der Waals surface area contributed by atoms with Crippen LogP contribution in [0.1, 0.15) is 29.8 Å². The van der Waals surface area contributed by atoms with Gasteiger partial charge in [-0.15, -0.1) is 0 Å². The van der Waals surface area contributed by atoms with Crippen LogP contribution in [-0.2, 0) is 6.54 Å². The second-order valence-electron chi connectivity index (χ2n) is 9.19. The highest BCUT2D eigenvalue weighted by atomic mass is 16.5. The monoisotopic (exact) mass is 436 g/mol. The van der Waals surface area contributed by atoms with Crippen LogP contribution in [0.25, 0.3) is 11.0 Å². The van der Waals surface area contributed by atoms with Gasteiger partial charge in [0.15, 0.2) is 5.82 Å². The number of fused-ring (bicyclic) bond motifs is 1. The first-order valence-corrected chi connectivity index (χ1v) is 10.7. The molecule has 2 fully saturated rings. The van der Waals surface area contributed by atoms with E-state index in [1.54, 1.807) is 24.1 Å². The molecule has 10 heteroatoms. The minimum atomic E-state index is 0.0427. The van der Waals surface area contributed by atoms with Gasteiger partial charge in [-0.3, -0.25) is 14.4 Å². The summed E-state index contributed by atoms with van der Waals surface area (Å²) in [6, 6.07) is 6.10. The highest BCUT2D eigenvalue weighted by molar-refractivity contribution is 5.95. The maximum atomic E-state index is 13.0. The normalized spacial score (nSPS) is 17.6. The first-order chi connectivity index (χ1) is 15.3. The molecule has 1 spiro atoms. The fraction of sp³-hybridized carbons (Fsp3) is 0.455. The van der Waals surface area contributed by atoms with Gasteiger partial charge in [0.25, 0.3) is 5.91 Å². The average Bonchev–Trinajstić information content (AvgIpc) is 3.08. The van der Waals surface area contributed by atoms with Gasteiger partial charge in [-0.05, 0) is 26.0 Å². The summed E-state index contributed by atoms with van der Waals surface area (Å²) in [6.07, 6.45) is 1.61. The third-order valence-electron chi connectivity index (χ3n) is 6.53. The molecule has 0 radical (unpaired) electrons. The second kappa shape index (κ2) is 7.33. The summed E-state index contributed by atoms with van der Waals surface area (Å²) in [5, 5.41) is 4.37. The molecule has 0 bridgehead atoms. The van der Waals surface area contributed by atoms with Crippen molar-refractivity contribution in [1.29, 1.82) is 0 Å². The van der Waals surface area contributed by atoms with Gasteiger partial charge in [-0.1, -0.05) is 6.07 Å². The molecule has 1 aromatic carbocycles. The van der Waals surface area contributed by atoms with Gasteiger partial charge < -0.3 is 21.1 Å². The van der Waals surface area contributed by atoms with Gasteiger partial charge in [0.1, 0.15) is 16.8 Å². The lowest BCUT2D eigenvalue weighted by Gasteiger charge is -2.61. The summed E-state index contributed by atoms with van der Waals surface area (Å²) >= 11 is 0. The molecule has 32 heavy (non-hydrogen) atoms. The van der Waals surface area contributed by atoms with E-state index in [4.69, 9.17) is 16.2 Å². The molecule has 3 aromatic rings. The smallest absolute Gasteiger partial charge is 0.254 e. The van der Waals surface area contributed by atoms with Crippen LogP contribution < -0.4 is 16.2 Å². The van der Waals surface area contributed by atoms with E-state index >= 15 is 0 Å². The Bertz CT molecular complexity index is 1190. The zero-order chi connectivity index (χ0) is 22.6. The summed E-state index contributed by atoms with van der Waals surface area (Å²) in [7, 11) is 1.60. The molecule has 0 atom stereocenters. The molecule has 2 aliphatic heterocycles. The van der Waals surface area contributed by atoms with E-state index in [1.165, 1.54) is 0 Å². The van der Waals surface area contributed by atoms with Gasteiger partial charge in [-0.25, -0.2) is 4.98 Å². The van der Waals surface area contributed by atoms with Crippen molar-refractivity contribution in [3.05, 3.63) is 35.5 Å². The van der Waals surface area contributed by atoms with Crippen molar-refractivity contribution < 1.29 is 9.53 Å². The Hall–Kier alpha value is -3.40. The van der Waals surface area contributed by atoms with Crippen LogP contribution in [0, 0.1) is 5.41 Å². The molecule has 4 heterocycles. The summed E-state index contributed by atoms with van der Waals surface area (Å²) < 4.78 is 7.30. The fourth-order valence-electron chi connectivity index (χ4n) is 4.81. The second-order valence-corrected chi connectivity index (χ2v) is 9.19. The van der Waals surface area contributed by atoms with Gasteiger partial charge in [-0.2, -0.15) is 10.1 Å². The molecule has 10 nitrogen and oxygen atoms in total. The largest absolute Gasteiger partial charge is 0.496 e. The van der Waals surface area contributed by atoms with E-state index in [2.05, 4.69) is 33.8 Å². The van der Waals surface area contributed by atoms with Crippen molar-refractivity contribution in [1.82, 2.24) is 29.5 Å². The number of carbonyl (C=O) groups is 1. The molecule has 1 amide bonds. The van der Waals surface area contributed by atoms with Crippen molar-refractivity contribution in [3.63, 3.8) is 0 Å². The van der Waals surface area contributed by atoms with Crippen LogP contribution in [0.2, 0.25) is 0 Å². The van der Waals surface area contributed by atoms with Crippen LogP contribution in [0.5, 0.6) is 5.75 Å². The number of amides is 1. The van der Waals surface area contributed by atoms with E-state index < -0.39 is 0 Å². The SMILES string of the molecule is COc1cc(C(=O)N2CC3(C2)CN(C(C)C)C3)ccc1Cn1ncc2nc(N)nc(N)c21. The van der Waals surface area contributed by atoms with Crippen molar-refractivity contribution >= 4 is 28.7 Å². The number of ether oxygens (including phenoxy) is 1. The van der Waals surface area contributed by atoms with Gasteiger partial charge in [0.2, 0.25) is 5.95 Å². The number of carbonyl (C=O) groups excluding carboxylic acids is 1. The number of anilines is 2. The van der Waals surface area contributed by atoms with Crippen LogP contribution in [0.3, 0.4) is 0 Å². The topological polar surface area (TPSA) is 128 Å². The molecule has 2 saturated heterocycles. The number of likely N-dealkylation sites (tertiary alicyclic amines) is 2. The number of nitrogens with zero attached hydrogens (tertiary/aromatic N) is 6. The van der Waals surface area contributed by atoms with Crippen molar-refractivity contribution in [2.24, 2.45) is 5.41 Å². The molecule has 168 valence electrons. The standard InChI is InChI=1S/C22H28N8O2/c1-13(2)28-9-22(10-28)11-29(12-22)20(31)14-4-5-15(17(6-14)32-3)8-30-18-16(7-25-30)26-21(24)27-19(18)23/h4-7,13H,8-12H2,1-3H3,(H4,23,24,26,27). The van der Waals surface area contributed by atoms with E-state index in [1.807, 2.05) is 17.0 Å². The third-order valence-corrected chi connectivity index (χ3v) is 6.53. The zero-order valence-electron chi connectivity index (χ0n) is 18.6. The quantitative estimate of drug-likeness (QED) is 0.611. The average molecular weight is 437 g/mol. The Kier molecular flexibility index (Phi) is 4.70. The number of hydrogen-bond acceptors (Lipinski definition) is 8. The number of aromatic nitrogens is 4. The molecular formula is C22H28N8O2. The molecule has 0 saturated carbocycles. The molecule has 5 rings (SSSR count). The van der Waals surface area contributed by atoms with Crippen molar-refractivity contribution in [2.75, 3.05) is 44.8 Å². The predicted molar refractivity (Wildman–Crippen MR) is 121 cm³/mol. The van der Waals surface area contributed by atoms with E-state index in [0.717, 1.165) is 31.7 Å². The van der Waals surface area contributed by atoms with E-state index in [-0.39, 0.29) is 23.1 Å². The maximum absolute atomic E-state index is 13.0. The highest BCUT2D eigenvalue weighted by Crippen LogP contribution is 2.41. The van der Waals surface area contributed by atoms with Crippen molar-refractivity contribution in [2.45, 2.75) is 26.4 Å². The first-order valence-electron chi connectivity index (χ1n) is 10.7. The number of nitrogens with two attached hydrogens (primary N) is 2. The first kappa shape index (κ1) is 20.5. The van der Waals surface area contributed by atoms with Gasteiger partial charge in [0, 0.05) is 48.8 Å². The Labute approximate surface area is 186 Å². The van der Waals surface area contributed by atoms with Crippen LogP contribution >= 0.6 is 0 Å². The summed E-state index contributed by atoms with van der Waals surface area (Å²) in [6.45, 7) is 8.62. The number of hydrogen-bond donors (Lipinski definition) is 2. The van der Waals surface area contributed by atoms with Gasteiger partial charge >= 0.3 is 0 Å². The Morgan fingerprint density at radius 2 is 1.94 bits per heavy atom.